The summed E-state index contributed by atoms with van der Waals surface area (Å²) in [6, 6.07) is 5.93. The van der Waals surface area contributed by atoms with Gasteiger partial charge in [-0.15, -0.1) is 0 Å². The number of aromatic nitrogens is 1. The van der Waals surface area contributed by atoms with Gasteiger partial charge in [-0.3, -0.25) is 4.79 Å². The summed E-state index contributed by atoms with van der Waals surface area (Å²) in [5, 5.41) is 8.97. The monoisotopic (exact) mass is 453 g/mol. The van der Waals surface area contributed by atoms with Gasteiger partial charge in [-0.05, 0) is 47.1 Å². The molecule has 28 heavy (non-hydrogen) atoms. The Balaban J connectivity index is 1.94. The number of pyridine rings is 1. The van der Waals surface area contributed by atoms with Crippen molar-refractivity contribution in [3.05, 3.63) is 85.1 Å². The van der Waals surface area contributed by atoms with Crippen LogP contribution in [0.2, 0.25) is 0 Å². The van der Waals surface area contributed by atoms with Crippen molar-refractivity contribution >= 4 is 21.9 Å². The highest BCUT2D eigenvalue weighted by atomic mass is 79.9. The van der Waals surface area contributed by atoms with Crippen LogP contribution in [0.3, 0.4) is 0 Å². The van der Waals surface area contributed by atoms with Crippen LogP contribution in [0.4, 0.5) is 8.78 Å². The van der Waals surface area contributed by atoms with E-state index in [1.165, 1.54) is 18.2 Å². The van der Waals surface area contributed by atoms with Crippen LogP contribution in [-0.4, -0.2) is 16.1 Å². The number of carbonyl (C=O) groups is 1. The Hall–Kier alpha value is -2.94. The minimum atomic E-state index is -1.20. The van der Waals surface area contributed by atoms with Crippen LogP contribution in [-0.2, 0) is 13.0 Å². The molecular formula is C19H14BrF2NO5. The zero-order valence-corrected chi connectivity index (χ0v) is 16.1. The van der Waals surface area contributed by atoms with Gasteiger partial charge in [0.05, 0.1) is 0 Å². The minimum absolute atomic E-state index is 0.0978. The van der Waals surface area contributed by atoms with E-state index in [-0.39, 0.29) is 34.6 Å². The number of rotatable bonds is 6. The van der Waals surface area contributed by atoms with Crippen molar-refractivity contribution in [1.29, 1.82) is 0 Å². The quantitative estimate of drug-likeness (QED) is 0.583. The first-order valence-corrected chi connectivity index (χ1v) is 8.85. The van der Waals surface area contributed by atoms with Gasteiger partial charge in [-0.2, -0.15) is 0 Å². The zero-order valence-electron chi connectivity index (χ0n) is 14.5. The molecule has 0 unspecified atom stereocenters. The minimum Gasteiger partial charge on any atom is -0.487 e. The second-order valence-electron chi connectivity index (χ2n) is 5.97. The third kappa shape index (κ3) is 4.14. The second kappa shape index (κ2) is 7.97. The van der Waals surface area contributed by atoms with Crippen LogP contribution in [0, 0.1) is 18.6 Å². The van der Waals surface area contributed by atoms with Crippen molar-refractivity contribution in [1.82, 2.24) is 4.98 Å². The molecule has 0 aliphatic carbocycles. The first kappa shape index (κ1) is 19.8. The third-order valence-corrected chi connectivity index (χ3v) is 4.76. The summed E-state index contributed by atoms with van der Waals surface area (Å²) in [4.78, 5) is 25.7. The van der Waals surface area contributed by atoms with Gasteiger partial charge < -0.3 is 19.2 Å². The molecule has 0 bridgehead atoms. The number of halogens is 3. The summed E-state index contributed by atoms with van der Waals surface area (Å²) in [5.74, 6) is -2.38. The first-order chi connectivity index (χ1) is 13.3. The molecule has 0 radical (unpaired) electrons. The van der Waals surface area contributed by atoms with Crippen LogP contribution in [0.25, 0.3) is 0 Å². The molecule has 0 aliphatic rings. The fourth-order valence-corrected chi connectivity index (χ4v) is 3.07. The molecule has 6 nitrogen and oxygen atoms in total. The number of aryl methyl sites for hydroxylation is 1. The third-order valence-electron chi connectivity index (χ3n) is 4.04. The number of aromatic amines is 1. The molecule has 0 spiro atoms. The number of nitrogens with one attached hydrogen (secondary N) is 1. The molecular weight excluding hydrogens is 440 g/mol. The maximum absolute atomic E-state index is 13.9. The Morgan fingerprint density at radius 1 is 1.29 bits per heavy atom. The fourth-order valence-electron chi connectivity index (χ4n) is 2.62. The molecule has 9 heteroatoms. The van der Waals surface area contributed by atoms with E-state index < -0.39 is 23.2 Å². The second-order valence-corrected chi connectivity index (χ2v) is 6.77. The van der Waals surface area contributed by atoms with Crippen molar-refractivity contribution in [2.24, 2.45) is 0 Å². The summed E-state index contributed by atoms with van der Waals surface area (Å²) in [6.07, 6.45) is 0.135. The van der Waals surface area contributed by atoms with Gasteiger partial charge in [0.2, 0.25) is 5.76 Å². The highest BCUT2D eigenvalue weighted by molar-refractivity contribution is 9.10. The lowest BCUT2D eigenvalue weighted by Crippen LogP contribution is -2.14. The Morgan fingerprint density at radius 2 is 2.04 bits per heavy atom. The predicted molar refractivity (Wildman–Crippen MR) is 98.7 cm³/mol. The molecule has 0 saturated carbocycles. The number of carboxylic acids is 1. The number of benzene rings is 1. The van der Waals surface area contributed by atoms with Crippen LogP contribution >= 0.6 is 15.9 Å². The standard InChI is InChI=1S/C19H14BrF2NO5/c1-9-13(7-12-4-5-15(28-12)19(25)26)17(16(20)18(24)23-9)27-8-10-2-3-11(21)6-14(10)22/h2-6H,7-8H2,1H3,(H,23,24)(H,25,26). The summed E-state index contributed by atoms with van der Waals surface area (Å²) in [6.45, 7) is 1.41. The van der Waals surface area contributed by atoms with Gasteiger partial charge in [0.15, 0.2) is 0 Å². The van der Waals surface area contributed by atoms with E-state index in [2.05, 4.69) is 20.9 Å². The van der Waals surface area contributed by atoms with E-state index in [0.29, 0.717) is 17.0 Å². The van der Waals surface area contributed by atoms with Gasteiger partial charge in [0.25, 0.3) is 5.56 Å². The summed E-state index contributed by atoms with van der Waals surface area (Å²) in [7, 11) is 0. The average molecular weight is 454 g/mol. The highest BCUT2D eigenvalue weighted by Gasteiger charge is 2.19. The first-order valence-electron chi connectivity index (χ1n) is 8.06. The van der Waals surface area contributed by atoms with E-state index in [0.717, 1.165) is 12.1 Å². The normalized spacial score (nSPS) is 10.9. The van der Waals surface area contributed by atoms with Crippen LogP contribution < -0.4 is 10.3 Å². The van der Waals surface area contributed by atoms with Crippen LogP contribution in [0.15, 0.2) is 44.0 Å². The van der Waals surface area contributed by atoms with Gasteiger partial charge in [-0.25, -0.2) is 13.6 Å². The average Bonchev–Trinajstić information content (AvgIpc) is 3.09. The number of carboxylic acid groups (broad SMARTS) is 1. The number of H-pyrrole nitrogens is 1. The van der Waals surface area contributed by atoms with Gasteiger partial charge >= 0.3 is 5.97 Å². The predicted octanol–water partition coefficient (Wildman–Crippen LogP) is 4.19. The smallest absolute Gasteiger partial charge is 0.371 e. The number of ether oxygens (including phenoxy) is 1. The summed E-state index contributed by atoms with van der Waals surface area (Å²) < 4.78 is 38.0. The van der Waals surface area contributed by atoms with Gasteiger partial charge in [-0.1, -0.05) is 0 Å². The molecule has 0 saturated heterocycles. The van der Waals surface area contributed by atoms with E-state index >= 15 is 0 Å². The Bertz CT molecular complexity index is 1110. The van der Waals surface area contributed by atoms with Crippen molar-refractivity contribution in [2.75, 3.05) is 0 Å². The molecule has 2 N–H and O–H groups in total. The van der Waals surface area contributed by atoms with Crippen molar-refractivity contribution in [2.45, 2.75) is 20.0 Å². The SMILES string of the molecule is Cc1[nH]c(=O)c(Br)c(OCc2ccc(F)cc2F)c1Cc1ccc(C(=O)O)o1. The molecule has 2 heterocycles. The molecule has 146 valence electrons. The van der Waals surface area contributed by atoms with E-state index in [1.807, 2.05) is 0 Å². The lowest BCUT2D eigenvalue weighted by molar-refractivity contribution is 0.0660. The van der Waals surface area contributed by atoms with Gasteiger partial charge in [0.1, 0.15) is 34.2 Å². The molecule has 0 fully saturated rings. The molecule has 3 aromatic rings. The molecule has 0 aliphatic heterocycles. The molecule has 0 atom stereocenters. The van der Waals surface area contributed by atoms with Crippen LogP contribution in [0.5, 0.6) is 5.75 Å². The molecule has 1 aromatic carbocycles. The molecule has 3 rings (SSSR count). The van der Waals surface area contributed by atoms with Crippen molar-refractivity contribution in [3.63, 3.8) is 0 Å². The number of furan rings is 1. The van der Waals surface area contributed by atoms with Crippen LogP contribution in [0.1, 0.15) is 33.1 Å². The largest absolute Gasteiger partial charge is 0.487 e. The van der Waals surface area contributed by atoms with E-state index in [9.17, 15) is 18.4 Å². The summed E-state index contributed by atoms with van der Waals surface area (Å²) in [5.41, 5.74) is 0.682. The lowest BCUT2D eigenvalue weighted by Gasteiger charge is -2.15. The van der Waals surface area contributed by atoms with E-state index in [4.69, 9.17) is 14.3 Å². The molecule has 2 aromatic heterocycles. The number of hydrogen-bond acceptors (Lipinski definition) is 4. The Labute approximate surface area is 165 Å². The highest BCUT2D eigenvalue weighted by Crippen LogP contribution is 2.31. The lowest BCUT2D eigenvalue weighted by atomic mass is 10.1. The Morgan fingerprint density at radius 3 is 2.68 bits per heavy atom. The summed E-state index contributed by atoms with van der Waals surface area (Å²) >= 11 is 3.16. The molecule has 0 amide bonds. The van der Waals surface area contributed by atoms with E-state index in [1.54, 1.807) is 6.92 Å². The Kier molecular flexibility index (Phi) is 5.64. The van der Waals surface area contributed by atoms with Crippen molar-refractivity contribution in [3.8, 4) is 5.75 Å². The topological polar surface area (TPSA) is 92.5 Å². The fraction of sp³-hybridized carbons (Fsp3) is 0.158. The van der Waals surface area contributed by atoms with Crippen molar-refractivity contribution < 1.29 is 27.8 Å². The number of aromatic carboxylic acids is 1. The van der Waals surface area contributed by atoms with Gasteiger partial charge in [0, 0.05) is 29.3 Å². The maximum atomic E-state index is 13.9. The maximum Gasteiger partial charge on any atom is 0.371 e. The number of hydrogen-bond donors (Lipinski definition) is 2. The zero-order chi connectivity index (χ0) is 20.4.